The molecule has 3 rings (SSSR count). The highest BCUT2D eigenvalue weighted by atomic mass is 16.3. The van der Waals surface area contributed by atoms with Crippen LogP contribution in [0.5, 0.6) is 5.75 Å². The number of benzene rings is 2. The van der Waals surface area contributed by atoms with Crippen LogP contribution in [0.15, 0.2) is 48.5 Å². The van der Waals surface area contributed by atoms with Gasteiger partial charge in [0.25, 0.3) is 0 Å². The Kier molecular flexibility index (Phi) is 5.95. The normalized spacial score (nSPS) is 17.4. The number of piperazine rings is 1. The summed E-state index contributed by atoms with van der Waals surface area (Å²) in [5.74, 6) is 0.311. The summed E-state index contributed by atoms with van der Waals surface area (Å²) in [7, 11) is 2.20. The van der Waals surface area contributed by atoms with E-state index in [0.717, 1.165) is 24.2 Å². The number of phenols is 1. The molecule has 4 nitrogen and oxygen atoms in total. The Morgan fingerprint density at radius 2 is 1.76 bits per heavy atom. The van der Waals surface area contributed by atoms with Crippen LogP contribution in [0.3, 0.4) is 0 Å². The molecule has 0 amide bonds. The highest BCUT2D eigenvalue weighted by Crippen LogP contribution is 2.22. The van der Waals surface area contributed by atoms with Gasteiger partial charge in [0.1, 0.15) is 5.75 Å². The topological polar surface area (TPSA) is 38.7 Å². The Morgan fingerprint density at radius 1 is 1.04 bits per heavy atom. The van der Waals surface area contributed by atoms with Crippen molar-refractivity contribution in [2.24, 2.45) is 0 Å². The van der Waals surface area contributed by atoms with E-state index >= 15 is 0 Å². The molecule has 0 bridgehead atoms. The van der Waals surface area contributed by atoms with Gasteiger partial charge >= 0.3 is 0 Å². The average Bonchev–Trinajstić information content (AvgIpc) is 2.62. The second-order valence-electron chi connectivity index (χ2n) is 7.05. The summed E-state index contributed by atoms with van der Waals surface area (Å²) < 4.78 is 0. The van der Waals surface area contributed by atoms with E-state index < -0.39 is 0 Å². The van der Waals surface area contributed by atoms with Crippen LogP contribution in [-0.4, -0.2) is 54.7 Å². The van der Waals surface area contributed by atoms with Crippen molar-refractivity contribution in [1.29, 1.82) is 0 Å². The molecule has 0 unspecified atom stereocenters. The lowest BCUT2D eigenvalue weighted by atomic mass is 10.1. The minimum atomic E-state index is 0.156. The number of phenolic OH excluding ortho intramolecular Hbond substituents is 1. The third-order valence-corrected chi connectivity index (χ3v) is 5.02. The number of hydrogen-bond donors (Lipinski definition) is 2. The highest BCUT2D eigenvalue weighted by Gasteiger charge is 2.13. The lowest BCUT2D eigenvalue weighted by molar-refractivity contribution is 0.155. The Morgan fingerprint density at radius 3 is 2.44 bits per heavy atom. The van der Waals surface area contributed by atoms with Gasteiger partial charge in [-0.05, 0) is 55.8 Å². The van der Waals surface area contributed by atoms with Crippen molar-refractivity contribution in [3.63, 3.8) is 0 Å². The number of nitrogens with zero attached hydrogens (tertiary/aromatic N) is 2. The molecule has 134 valence electrons. The molecule has 0 spiro atoms. The molecular weight excluding hydrogens is 310 g/mol. The van der Waals surface area contributed by atoms with Gasteiger partial charge in [-0.25, -0.2) is 0 Å². The summed E-state index contributed by atoms with van der Waals surface area (Å²) in [5, 5.41) is 13.1. The molecule has 0 saturated carbocycles. The average molecular weight is 339 g/mol. The predicted octanol–water partition coefficient (Wildman–Crippen LogP) is 3.36. The van der Waals surface area contributed by atoms with Crippen LogP contribution in [0.4, 0.5) is 5.69 Å². The molecule has 0 aliphatic carbocycles. The summed E-state index contributed by atoms with van der Waals surface area (Å²) in [6.07, 6.45) is 1.10. The highest BCUT2D eigenvalue weighted by molar-refractivity contribution is 5.47. The van der Waals surface area contributed by atoms with Crippen LogP contribution < -0.4 is 5.32 Å². The minimum Gasteiger partial charge on any atom is -0.508 e. The van der Waals surface area contributed by atoms with E-state index in [1.807, 2.05) is 18.2 Å². The fraction of sp³-hybridized carbons (Fsp3) is 0.429. The molecule has 4 heteroatoms. The molecule has 1 aliphatic heterocycles. The van der Waals surface area contributed by atoms with Crippen LogP contribution in [0.2, 0.25) is 0 Å². The maximum Gasteiger partial charge on any atom is 0.115 e. The second kappa shape index (κ2) is 8.37. The van der Waals surface area contributed by atoms with Crippen molar-refractivity contribution in [3.8, 4) is 5.75 Å². The van der Waals surface area contributed by atoms with E-state index in [0.29, 0.717) is 5.75 Å². The Hall–Kier alpha value is -2.04. The Bertz CT molecular complexity index is 663. The minimum absolute atomic E-state index is 0.156. The van der Waals surface area contributed by atoms with Gasteiger partial charge in [-0.3, -0.25) is 0 Å². The maximum absolute atomic E-state index is 9.61. The predicted molar refractivity (Wildman–Crippen MR) is 104 cm³/mol. The SMILES string of the molecule is C[C@H](Nc1ccc(CCN2CCN(C)CC2)cc1)c1cccc(O)c1. The van der Waals surface area contributed by atoms with E-state index in [-0.39, 0.29) is 6.04 Å². The van der Waals surface area contributed by atoms with E-state index in [1.54, 1.807) is 6.07 Å². The quantitative estimate of drug-likeness (QED) is 0.846. The van der Waals surface area contributed by atoms with Gasteiger partial charge in [-0.2, -0.15) is 0 Å². The van der Waals surface area contributed by atoms with Crippen molar-refractivity contribution in [2.45, 2.75) is 19.4 Å². The van der Waals surface area contributed by atoms with Crippen molar-refractivity contribution in [1.82, 2.24) is 9.80 Å². The smallest absolute Gasteiger partial charge is 0.115 e. The number of anilines is 1. The zero-order chi connectivity index (χ0) is 17.6. The molecule has 1 heterocycles. The first-order valence-electron chi connectivity index (χ1n) is 9.15. The fourth-order valence-corrected chi connectivity index (χ4v) is 3.25. The van der Waals surface area contributed by atoms with Gasteiger partial charge in [0.2, 0.25) is 0 Å². The lowest BCUT2D eigenvalue weighted by Crippen LogP contribution is -2.45. The Balaban J connectivity index is 1.50. The zero-order valence-electron chi connectivity index (χ0n) is 15.3. The first-order valence-corrected chi connectivity index (χ1v) is 9.15. The molecule has 0 aromatic heterocycles. The summed E-state index contributed by atoms with van der Waals surface area (Å²) >= 11 is 0. The largest absolute Gasteiger partial charge is 0.508 e. The van der Waals surface area contributed by atoms with E-state index in [1.165, 1.54) is 31.7 Å². The first kappa shape index (κ1) is 17.8. The molecule has 25 heavy (non-hydrogen) atoms. The van der Waals surface area contributed by atoms with Crippen molar-refractivity contribution < 1.29 is 5.11 Å². The number of hydrogen-bond acceptors (Lipinski definition) is 4. The van der Waals surface area contributed by atoms with Gasteiger partial charge < -0.3 is 20.2 Å². The summed E-state index contributed by atoms with van der Waals surface area (Å²) in [6.45, 7) is 7.96. The Labute approximate surface area is 151 Å². The zero-order valence-corrected chi connectivity index (χ0v) is 15.3. The molecule has 1 atom stereocenters. The van der Waals surface area contributed by atoms with Crippen molar-refractivity contribution in [3.05, 3.63) is 59.7 Å². The monoisotopic (exact) mass is 339 g/mol. The van der Waals surface area contributed by atoms with Crippen LogP contribution in [0, 0.1) is 0 Å². The second-order valence-corrected chi connectivity index (χ2v) is 7.05. The van der Waals surface area contributed by atoms with E-state index in [9.17, 15) is 5.11 Å². The van der Waals surface area contributed by atoms with Crippen molar-refractivity contribution >= 4 is 5.69 Å². The molecule has 2 aromatic carbocycles. The molecule has 2 N–H and O–H groups in total. The van der Waals surface area contributed by atoms with E-state index in [2.05, 4.69) is 53.4 Å². The first-order chi connectivity index (χ1) is 12.1. The fourth-order valence-electron chi connectivity index (χ4n) is 3.25. The number of nitrogens with one attached hydrogen (secondary N) is 1. The lowest BCUT2D eigenvalue weighted by Gasteiger charge is -2.32. The molecule has 1 aliphatic rings. The number of likely N-dealkylation sites (N-methyl/N-ethyl adjacent to an activating group) is 1. The molecule has 1 saturated heterocycles. The van der Waals surface area contributed by atoms with Gasteiger partial charge in [-0.1, -0.05) is 24.3 Å². The third kappa shape index (κ3) is 5.21. The summed E-state index contributed by atoms with van der Waals surface area (Å²) in [5.41, 5.74) is 3.58. The summed E-state index contributed by atoms with van der Waals surface area (Å²) in [4.78, 5) is 4.95. The molecule has 1 fully saturated rings. The van der Waals surface area contributed by atoms with Crippen LogP contribution >= 0.6 is 0 Å². The van der Waals surface area contributed by atoms with Crippen LogP contribution in [0.1, 0.15) is 24.1 Å². The maximum atomic E-state index is 9.61. The van der Waals surface area contributed by atoms with Crippen LogP contribution in [0.25, 0.3) is 0 Å². The van der Waals surface area contributed by atoms with E-state index in [4.69, 9.17) is 0 Å². The molecule has 2 aromatic rings. The standard InChI is InChI=1S/C21H29N3O/c1-17(19-4-3-5-21(25)16-19)22-20-8-6-18(7-9-20)10-11-24-14-12-23(2)13-15-24/h3-9,16-17,22,25H,10-15H2,1-2H3/t17-/m0/s1. The van der Waals surface area contributed by atoms with Gasteiger partial charge in [0.05, 0.1) is 0 Å². The van der Waals surface area contributed by atoms with Crippen LogP contribution in [-0.2, 0) is 6.42 Å². The molecule has 0 radical (unpaired) electrons. The summed E-state index contributed by atoms with van der Waals surface area (Å²) in [6, 6.07) is 16.3. The van der Waals surface area contributed by atoms with Crippen molar-refractivity contribution in [2.75, 3.05) is 45.1 Å². The number of aromatic hydroxyl groups is 1. The van der Waals surface area contributed by atoms with Gasteiger partial charge in [-0.15, -0.1) is 0 Å². The third-order valence-electron chi connectivity index (χ3n) is 5.02. The number of rotatable bonds is 6. The molecular formula is C21H29N3O. The van der Waals surface area contributed by atoms with Gasteiger partial charge in [0, 0.05) is 44.5 Å². The van der Waals surface area contributed by atoms with Gasteiger partial charge in [0.15, 0.2) is 0 Å².